The Labute approximate surface area is 114 Å². The van der Waals surface area contributed by atoms with Gasteiger partial charge in [-0.2, -0.15) is 0 Å². The molecule has 0 unspecified atom stereocenters. The molecular formula is C13H22N2O3S. The van der Waals surface area contributed by atoms with E-state index in [4.69, 9.17) is 10.8 Å². The van der Waals surface area contributed by atoms with Crippen molar-refractivity contribution in [1.29, 1.82) is 0 Å². The van der Waals surface area contributed by atoms with Gasteiger partial charge in [0.1, 0.15) is 0 Å². The van der Waals surface area contributed by atoms with Crippen LogP contribution in [0.1, 0.15) is 31.4 Å². The summed E-state index contributed by atoms with van der Waals surface area (Å²) < 4.78 is 27.4. The summed E-state index contributed by atoms with van der Waals surface area (Å²) in [6.07, 6.45) is 0.340. The molecule has 0 atom stereocenters. The lowest BCUT2D eigenvalue weighted by molar-refractivity contribution is 0.245. The second kappa shape index (κ2) is 5.48. The molecule has 0 radical (unpaired) electrons. The van der Waals surface area contributed by atoms with Crippen LogP contribution in [-0.4, -0.2) is 25.7 Å². The van der Waals surface area contributed by atoms with Gasteiger partial charge in [-0.25, -0.2) is 13.1 Å². The number of hydrogen-bond acceptors (Lipinski definition) is 4. The standard InChI is InChI=1S/C13H22N2O3S/c1-9-7-11(14)8-12(10(9)2)19(17,18)15-13(3,4)5-6-16/h7-8,15-16H,5-6,14H2,1-4H3. The summed E-state index contributed by atoms with van der Waals surface area (Å²) >= 11 is 0. The molecule has 0 fully saturated rings. The third-order valence-corrected chi connectivity index (χ3v) is 4.90. The fourth-order valence-corrected chi connectivity index (χ4v) is 3.68. The number of anilines is 1. The van der Waals surface area contributed by atoms with Gasteiger partial charge in [-0.05, 0) is 57.4 Å². The number of aliphatic hydroxyl groups excluding tert-OH is 1. The lowest BCUT2D eigenvalue weighted by Gasteiger charge is -2.25. The molecule has 0 saturated carbocycles. The molecule has 1 aromatic rings. The van der Waals surface area contributed by atoms with E-state index < -0.39 is 15.6 Å². The van der Waals surface area contributed by atoms with Gasteiger partial charge in [-0.15, -0.1) is 0 Å². The van der Waals surface area contributed by atoms with E-state index in [1.165, 1.54) is 6.07 Å². The van der Waals surface area contributed by atoms with Crippen molar-refractivity contribution in [2.24, 2.45) is 0 Å². The number of aliphatic hydroxyl groups is 1. The number of nitrogens with two attached hydrogens (primary N) is 1. The van der Waals surface area contributed by atoms with Gasteiger partial charge in [0.25, 0.3) is 0 Å². The lowest BCUT2D eigenvalue weighted by Crippen LogP contribution is -2.44. The number of rotatable bonds is 5. The van der Waals surface area contributed by atoms with Gasteiger partial charge in [0.2, 0.25) is 10.0 Å². The molecule has 1 aromatic carbocycles. The molecule has 1 rings (SSSR count). The summed E-state index contributed by atoms with van der Waals surface area (Å²) in [5.74, 6) is 0. The van der Waals surface area contributed by atoms with Crippen LogP contribution >= 0.6 is 0 Å². The quantitative estimate of drug-likeness (QED) is 0.712. The highest BCUT2D eigenvalue weighted by Gasteiger charge is 2.27. The van der Waals surface area contributed by atoms with E-state index in [0.29, 0.717) is 17.7 Å². The Morgan fingerprint density at radius 2 is 1.89 bits per heavy atom. The van der Waals surface area contributed by atoms with Crippen LogP contribution in [0.2, 0.25) is 0 Å². The topological polar surface area (TPSA) is 92.4 Å². The normalized spacial score (nSPS) is 12.7. The first-order valence-corrected chi connectivity index (χ1v) is 7.59. The highest BCUT2D eigenvalue weighted by molar-refractivity contribution is 7.89. The van der Waals surface area contributed by atoms with Crippen molar-refractivity contribution in [3.63, 3.8) is 0 Å². The van der Waals surface area contributed by atoms with Crippen molar-refractivity contribution in [3.05, 3.63) is 23.3 Å². The first kappa shape index (κ1) is 15.9. The van der Waals surface area contributed by atoms with Gasteiger partial charge in [-0.3, -0.25) is 0 Å². The summed E-state index contributed by atoms with van der Waals surface area (Å²) in [7, 11) is -3.66. The van der Waals surface area contributed by atoms with Gasteiger partial charge >= 0.3 is 0 Å². The molecule has 108 valence electrons. The summed E-state index contributed by atoms with van der Waals surface area (Å²) in [4.78, 5) is 0.191. The summed E-state index contributed by atoms with van der Waals surface area (Å²) in [6, 6.07) is 3.20. The molecule has 0 amide bonds. The molecule has 0 aliphatic rings. The van der Waals surface area contributed by atoms with Crippen LogP contribution in [0.4, 0.5) is 5.69 Å². The highest BCUT2D eigenvalue weighted by atomic mass is 32.2. The maximum atomic E-state index is 12.4. The van der Waals surface area contributed by atoms with Crippen LogP contribution in [0.25, 0.3) is 0 Å². The minimum atomic E-state index is -3.66. The third kappa shape index (κ3) is 3.92. The third-order valence-electron chi connectivity index (χ3n) is 3.08. The Kier molecular flexibility index (Phi) is 4.60. The van der Waals surface area contributed by atoms with Gasteiger partial charge in [0.05, 0.1) is 4.90 Å². The van der Waals surface area contributed by atoms with Crippen LogP contribution in [-0.2, 0) is 10.0 Å². The van der Waals surface area contributed by atoms with Gasteiger partial charge in [0, 0.05) is 17.8 Å². The van der Waals surface area contributed by atoms with Crippen molar-refractivity contribution in [1.82, 2.24) is 4.72 Å². The van der Waals surface area contributed by atoms with E-state index in [1.54, 1.807) is 26.8 Å². The zero-order chi connectivity index (χ0) is 14.8. The Hall–Kier alpha value is -1.11. The molecule has 0 heterocycles. The summed E-state index contributed by atoms with van der Waals surface area (Å²) in [5, 5.41) is 8.96. The lowest BCUT2D eigenvalue weighted by atomic mass is 10.0. The van der Waals surface area contributed by atoms with Crippen molar-refractivity contribution in [2.45, 2.75) is 44.6 Å². The molecule has 0 bridgehead atoms. The molecule has 19 heavy (non-hydrogen) atoms. The largest absolute Gasteiger partial charge is 0.399 e. The van der Waals surface area contributed by atoms with Crippen molar-refractivity contribution >= 4 is 15.7 Å². The number of aryl methyl sites for hydroxylation is 1. The minimum Gasteiger partial charge on any atom is -0.399 e. The smallest absolute Gasteiger partial charge is 0.241 e. The predicted octanol–water partition coefficient (Wildman–Crippen LogP) is 1.32. The molecule has 0 aromatic heterocycles. The Balaban J connectivity index is 3.22. The van der Waals surface area contributed by atoms with E-state index in [-0.39, 0.29) is 11.5 Å². The Bertz CT molecular complexity index is 565. The van der Waals surface area contributed by atoms with E-state index in [1.807, 2.05) is 6.92 Å². The van der Waals surface area contributed by atoms with E-state index in [9.17, 15) is 8.42 Å². The molecule has 5 nitrogen and oxygen atoms in total. The van der Waals surface area contributed by atoms with Crippen LogP contribution in [0.5, 0.6) is 0 Å². The fourth-order valence-electron chi connectivity index (χ4n) is 1.88. The summed E-state index contributed by atoms with van der Waals surface area (Å²) in [6.45, 7) is 6.96. The van der Waals surface area contributed by atoms with E-state index in [2.05, 4.69) is 4.72 Å². The first-order valence-electron chi connectivity index (χ1n) is 6.10. The minimum absolute atomic E-state index is 0.0789. The fraction of sp³-hybridized carbons (Fsp3) is 0.538. The molecule has 0 aliphatic carbocycles. The SMILES string of the molecule is Cc1cc(N)cc(S(=O)(=O)NC(C)(C)CCO)c1C. The predicted molar refractivity (Wildman–Crippen MR) is 76.4 cm³/mol. The molecule has 6 heteroatoms. The van der Waals surface area contributed by atoms with Crippen LogP contribution in [0, 0.1) is 13.8 Å². The van der Waals surface area contributed by atoms with E-state index >= 15 is 0 Å². The average Bonchev–Trinajstić information content (AvgIpc) is 2.21. The maximum absolute atomic E-state index is 12.4. The Morgan fingerprint density at radius 3 is 2.42 bits per heavy atom. The monoisotopic (exact) mass is 286 g/mol. The maximum Gasteiger partial charge on any atom is 0.241 e. The molecular weight excluding hydrogens is 264 g/mol. The van der Waals surface area contributed by atoms with Crippen LogP contribution in [0.3, 0.4) is 0 Å². The average molecular weight is 286 g/mol. The molecule has 0 saturated heterocycles. The number of nitrogen functional groups attached to an aromatic ring is 1. The van der Waals surface area contributed by atoms with Crippen molar-refractivity contribution < 1.29 is 13.5 Å². The Morgan fingerprint density at radius 1 is 1.32 bits per heavy atom. The molecule has 0 spiro atoms. The zero-order valence-electron chi connectivity index (χ0n) is 11.8. The molecule has 4 N–H and O–H groups in total. The number of sulfonamides is 1. The second-order valence-electron chi connectivity index (χ2n) is 5.42. The number of benzene rings is 1. The number of nitrogens with one attached hydrogen (secondary N) is 1. The van der Waals surface area contributed by atoms with Gasteiger partial charge in [0.15, 0.2) is 0 Å². The van der Waals surface area contributed by atoms with Gasteiger partial charge in [-0.1, -0.05) is 0 Å². The first-order chi connectivity index (χ1) is 8.59. The van der Waals surface area contributed by atoms with Crippen molar-refractivity contribution in [2.75, 3.05) is 12.3 Å². The molecule has 0 aliphatic heterocycles. The number of hydrogen-bond donors (Lipinski definition) is 3. The van der Waals surface area contributed by atoms with Crippen LogP contribution in [0.15, 0.2) is 17.0 Å². The summed E-state index contributed by atoms with van der Waals surface area (Å²) in [5.41, 5.74) is 6.94. The van der Waals surface area contributed by atoms with Crippen molar-refractivity contribution in [3.8, 4) is 0 Å². The van der Waals surface area contributed by atoms with Crippen LogP contribution < -0.4 is 10.5 Å². The highest BCUT2D eigenvalue weighted by Crippen LogP contribution is 2.24. The van der Waals surface area contributed by atoms with E-state index in [0.717, 1.165) is 5.56 Å². The zero-order valence-corrected chi connectivity index (χ0v) is 12.6. The second-order valence-corrected chi connectivity index (χ2v) is 7.07. The van der Waals surface area contributed by atoms with Gasteiger partial charge < -0.3 is 10.8 Å².